The standard InChI is InChI=1S/C29H29N3O6/c1-4-30-14-13-18-9-11-19(12-10-18)31-28(34)21-15-25(36-2)26(37-3)16-22(21)32-29(35)27-17-23(33)20-7-5-6-8-24(20)38-27/h5-12,15-17,30H,4,13-14H2,1-3H3,(H,31,34)(H,32,35). The summed E-state index contributed by atoms with van der Waals surface area (Å²) < 4.78 is 16.4. The monoisotopic (exact) mass is 515 g/mol. The summed E-state index contributed by atoms with van der Waals surface area (Å²) in [5.41, 5.74) is 1.95. The van der Waals surface area contributed by atoms with E-state index in [0.29, 0.717) is 22.6 Å². The maximum atomic E-state index is 13.3. The van der Waals surface area contributed by atoms with E-state index >= 15 is 0 Å². The van der Waals surface area contributed by atoms with E-state index in [1.807, 2.05) is 24.3 Å². The predicted octanol–water partition coefficient (Wildman–Crippen LogP) is 4.47. The summed E-state index contributed by atoms with van der Waals surface area (Å²) in [6, 6.07) is 18.3. The zero-order valence-corrected chi connectivity index (χ0v) is 21.4. The van der Waals surface area contributed by atoms with Crippen LogP contribution in [0.2, 0.25) is 0 Å². The highest BCUT2D eigenvalue weighted by Crippen LogP contribution is 2.34. The molecule has 0 aliphatic rings. The third kappa shape index (κ3) is 6.01. The van der Waals surface area contributed by atoms with Crippen LogP contribution < -0.4 is 30.9 Å². The molecule has 4 aromatic rings. The van der Waals surface area contributed by atoms with Crippen LogP contribution in [-0.4, -0.2) is 39.1 Å². The number of hydrogen-bond acceptors (Lipinski definition) is 7. The van der Waals surface area contributed by atoms with E-state index in [4.69, 9.17) is 13.9 Å². The summed E-state index contributed by atoms with van der Waals surface area (Å²) in [6.45, 7) is 3.83. The molecule has 0 aliphatic carbocycles. The number of hydrogen-bond donors (Lipinski definition) is 3. The number of fused-ring (bicyclic) bond motifs is 1. The lowest BCUT2D eigenvalue weighted by Gasteiger charge is -2.16. The normalized spacial score (nSPS) is 10.7. The highest BCUT2D eigenvalue weighted by Gasteiger charge is 2.21. The molecule has 9 heteroatoms. The Morgan fingerprint density at radius 3 is 2.29 bits per heavy atom. The molecule has 196 valence electrons. The predicted molar refractivity (Wildman–Crippen MR) is 147 cm³/mol. The Labute approximate surface area is 219 Å². The molecule has 0 aliphatic heterocycles. The van der Waals surface area contributed by atoms with E-state index in [0.717, 1.165) is 31.1 Å². The van der Waals surface area contributed by atoms with Crippen molar-refractivity contribution in [3.8, 4) is 11.5 Å². The van der Waals surface area contributed by atoms with Crippen LogP contribution >= 0.6 is 0 Å². The van der Waals surface area contributed by atoms with Gasteiger partial charge in [0.15, 0.2) is 22.7 Å². The molecule has 0 radical (unpaired) electrons. The van der Waals surface area contributed by atoms with Gasteiger partial charge < -0.3 is 29.8 Å². The molecule has 4 rings (SSSR count). The highest BCUT2D eigenvalue weighted by atomic mass is 16.5. The average Bonchev–Trinajstić information content (AvgIpc) is 2.93. The van der Waals surface area contributed by atoms with Gasteiger partial charge in [0.05, 0.1) is 30.9 Å². The molecule has 0 spiro atoms. The van der Waals surface area contributed by atoms with Crippen LogP contribution in [0, 0.1) is 0 Å². The zero-order chi connectivity index (χ0) is 27.1. The lowest BCUT2D eigenvalue weighted by molar-refractivity contribution is 0.0997. The fourth-order valence-corrected chi connectivity index (χ4v) is 3.93. The fraction of sp³-hybridized carbons (Fsp3) is 0.207. The van der Waals surface area contributed by atoms with Crippen molar-refractivity contribution in [2.75, 3.05) is 37.9 Å². The first-order valence-electron chi connectivity index (χ1n) is 12.1. The number of anilines is 2. The van der Waals surface area contributed by atoms with Crippen molar-refractivity contribution in [3.63, 3.8) is 0 Å². The molecule has 3 aromatic carbocycles. The van der Waals surface area contributed by atoms with Gasteiger partial charge >= 0.3 is 0 Å². The molecule has 9 nitrogen and oxygen atoms in total. The minimum atomic E-state index is -0.695. The SMILES string of the molecule is CCNCCc1ccc(NC(=O)c2cc(OC)c(OC)cc2NC(=O)c2cc(=O)c3ccccc3o2)cc1. The number of methoxy groups -OCH3 is 2. The Kier molecular flexibility index (Phi) is 8.40. The number of nitrogens with one attached hydrogen (secondary N) is 3. The van der Waals surface area contributed by atoms with E-state index in [2.05, 4.69) is 22.9 Å². The van der Waals surface area contributed by atoms with Crippen LogP contribution in [0.5, 0.6) is 11.5 Å². The van der Waals surface area contributed by atoms with E-state index < -0.39 is 11.8 Å². The van der Waals surface area contributed by atoms with Gasteiger partial charge in [0.2, 0.25) is 0 Å². The van der Waals surface area contributed by atoms with Crippen LogP contribution in [-0.2, 0) is 6.42 Å². The van der Waals surface area contributed by atoms with Crippen molar-refractivity contribution in [2.45, 2.75) is 13.3 Å². The second-order valence-electron chi connectivity index (χ2n) is 8.43. The minimum absolute atomic E-state index is 0.135. The first kappa shape index (κ1) is 26.4. The maximum Gasteiger partial charge on any atom is 0.291 e. The smallest absolute Gasteiger partial charge is 0.291 e. The maximum absolute atomic E-state index is 13.3. The van der Waals surface area contributed by atoms with Crippen molar-refractivity contribution in [1.29, 1.82) is 0 Å². The number of benzene rings is 3. The third-order valence-electron chi connectivity index (χ3n) is 5.93. The fourth-order valence-electron chi connectivity index (χ4n) is 3.93. The molecule has 0 bridgehead atoms. The third-order valence-corrected chi connectivity index (χ3v) is 5.93. The number of para-hydroxylation sites is 1. The lowest BCUT2D eigenvalue weighted by atomic mass is 10.1. The molecular formula is C29H29N3O6. The number of likely N-dealkylation sites (N-methyl/N-ethyl adjacent to an activating group) is 1. The molecule has 3 N–H and O–H groups in total. The van der Waals surface area contributed by atoms with Gasteiger partial charge in [-0.2, -0.15) is 0 Å². The van der Waals surface area contributed by atoms with Crippen LogP contribution in [0.15, 0.2) is 75.9 Å². The van der Waals surface area contributed by atoms with Gasteiger partial charge in [0, 0.05) is 17.8 Å². The topological polar surface area (TPSA) is 119 Å². The van der Waals surface area contributed by atoms with Crippen molar-refractivity contribution >= 4 is 34.2 Å². The van der Waals surface area contributed by atoms with Crippen LogP contribution in [0.1, 0.15) is 33.4 Å². The van der Waals surface area contributed by atoms with E-state index in [9.17, 15) is 14.4 Å². The first-order valence-corrected chi connectivity index (χ1v) is 12.1. The second-order valence-corrected chi connectivity index (χ2v) is 8.43. The van der Waals surface area contributed by atoms with Gasteiger partial charge in [0.25, 0.3) is 11.8 Å². The van der Waals surface area contributed by atoms with Gasteiger partial charge in [-0.05, 0) is 55.4 Å². The molecule has 0 unspecified atom stereocenters. The quantitative estimate of drug-likeness (QED) is 0.267. The zero-order valence-electron chi connectivity index (χ0n) is 21.4. The Bertz CT molecular complexity index is 1510. The van der Waals surface area contributed by atoms with E-state index in [-0.39, 0.29) is 28.0 Å². The summed E-state index contributed by atoms with van der Waals surface area (Å²) in [5, 5.41) is 9.17. The number of rotatable bonds is 10. The largest absolute Gasteiger partial charge is 0.493 e. The van der Waals surface area contributed by atoms with Crippen LogP contribution in [0.25, 0.3) is 11.0 Å². The summed E-state index contributed by atoms with van der Waals surface area (Å²) in [7, 11) is 2.90. The number of ether oxygens (including phenoxy) is 2. The van der Waals surface area contributed by atoms with Gasteiger partial charge in [0.1, 0.15) is 5.58 Å². The highest BCUT2D eigenvalue weighted by molar-refractivity contribution is 6.12. The van der Waals surface area contributed by atoms with Crippen molar-refractivity contribution in [1.82, 2.24) is 5.32 Å². The van der Waals surface area contributed by atoms with Gasteiger partial charge in [-0.1, -0.05) is 31.2 Å². The summed E-state index contributed by atoms with van der Waals surface area (Å²) >= 11 is 0. The molecule has 0 fully saturated rings. The van der Waals surface area contributed by atoms with E-state index in [1.54, 1.807) is 24.3 Å². The Morgan fingerprint density at radius 1 is 0.868 bits per heavy atom. The summed E-state index contributed by atoms with van der Waals surface area (Å²) in [4.78, 5) is 38.9. The first-order chi connectivity index (χ1) is 18.4. The Hall–Kier alpha value is -4.63. The van der Waals surface area contributed by atoms with Crippen molar-refractivity contribution in [3.05, 3.63) is 93.8 Å². The number of carbonyl (C=O) groups excluding carboxylic acids is 2. The number of amides is 2. The molecule has 38 heavy (non-hydrogen) atoms. The van der Waals surface area contributed by atoms with Gasteiger partial charge in [-0.3, -0.25) is 14.4 Å². The van der Waals surface area contributed by atoms with Gasteiger partial charge in [-0.15, -0.1) is 0 Å². The van der Waals surface area contributed by atoms with E-state index in [1.165, 1.54) is 26.4 Å². The number of carbonyl (C=O) groups is 2. The van der Waals surface area contributed by atoms with Crippen molar-refractivity contribution < 1.29 is 23.5 Å². The summed E-state index contributed by atoms with van der Waals surface area (Å²) in [5.74, 6) is -0.736. The molecular weight excluding hydrogens is 486 g/mol. The Morgan fingerprint density at radius 2 is 1.58 bits per heavy atom. The van der Waals surface area contributed by atoms with Crippen LogP contribution in [0.3, 0.4) is 0 Å². The molecule has 0 saturated carbocycles. The molecule has 1 aromatic heterocycles. The molecule has 1 heterocycles. The second kappa shape index (κ2) is 12.1. The summed E-state index contributed by atoms with van der Waals surface area (Å²) in [6.07, 6.45) is 0.874. The minimum Gasteiger partial charge on any atom is -0.493 e. The van der Waals surface area contributed by atoms with Crippen LogP contribution in [0.4, 0.5) is 11.4 Å². The van der Waals surface area contributed by atoms with Gasteiger partial charge in [-0.25, -0.2) is 0 Å². The van der Waals surface area contributed by atoms with Crippen molar-refractivity contribution in [2.24, 2.45) is 0 Å². The molecule has 0 atom stereocenters. The molecule has 2 amide bonds. The lowest BCUT2D eigenvalue weighted by Crippen LogP contribution is -2.20. The Balaban J connectivity index is 1.61. The molecule has 0 saturated heterocycles. The average molecular weight is 516 g/mol.